The number of aromatic amines is 1. The Bertz CT molecular complexity index is 1290. The zero-order valence-corrected chi connectivity index (χ0v) is 19.7. The molecule has 0 spiro atoms. The van der Waals surface area contributed by atoms with Crippen LogP contribution < -0.4 is 14.5 Å². The van der Waals surface area contributed by atoms with Crippen molar-refractivity contribution in [1.29, 1.82) is 0 Å². The van der Waals surface area contributed by atoms with Gasteiger partial charge in [-0.15, -0.1) is 0 Å². The Hall–Kier alpha value is -2.72. The lowest BCUT2D eigenvalue weighted by Crippen LogP contribution is -2.53. The van der Waals surface area contributed by atoms with E-state index in [0.29, 0.717) is 17.9 Å². The standard InChI is InChI=1S/C23H29N7O2S/c1-14-9-19-18(12-30(14)20-6-8-25-22-17(20)5-7-24-22)23(27-13-26-19)29-10-15-3-4-16(11-29)21(15)28-33(2,31)32/h5-8,13-16,21,28H,3-4,9-12H2,1-2H3,(H,24,25)/t14-,15-,16+,21+/m1/s1. The summed E-state index contributed by atoms with van der Waals surface area (Å²) < 4.78 is 26.7. The van der Waals surface area contributed by atoms with E-state index in [1.807, 2.05) is 12.4 Å². The van der Waals surface area contributed by atoms with Crippen LogP contribution in [-0.2, 0) is 23.0 Å². The van der Waals surface area contributed by atoms with Gasteiger partial charge < -0.3 is 14.8 Å². The van der Waals surface area contributed by atoms with Crippen molar-refractivity contribution in [2.75, 3.05) is 29.1 Å². The molecule has 4 atom stereocenters. The number of hydrogen-bond donors (Lipinski definition) is 2. The first-order valence-electron chi connectivity index (χ1n) is 11.6. The van der Waals surface area contributed by atoms with E-state index in [9.17, 15) is 8.42 Å². The highest BCUT2D eigenvalue weighted by Gasteiger charge is 2.44. The Kier molecular flexibility index (Phi) is 4.84. The predicted molar refractivity (Wildman–Crippen MR) is 128 cm³/mol. The molecule has 3 aromatic rings. The highest BCUT2D eigenvalue weighted by atomic mass is 32.2. The van der Waals surface area contributed by atoms with E-state index in [1.54, 1.807) is 6.33 Å². The molecule has 2 fully saturated rings. The number of hydrogen-bond acceptors (Lipinski definition) is 7. The van der Waals surface area contributed by atoms with E-state index < -0.39 is 10.0 Å². The third kappa shape index (κ3) is 3.65. The molecule has 2 bridgehead atoms. The van der Waals surface area contributed by atoms with Crippen molar-refractivity contribution in [3.8, 4) is 0 Å². The second-order valence-corrected chi connectivity index (χ2v) is 11.6. The molecule has 2 N–H and O–H groups in total. The number of anilines is 2. The number of rotatable bonds is 4. The van der Waals surface area contributed by atoms with Gasteiger partial charge in [0.2, 0.25) is 10.0 Å². The summed E-state index contributed by atoms with van der Waals surface area (Å²) in [5, 5.41) is 1.12. The van der Waals surface area contributed by atoms with Gasteiger partial charge in [-0.2, -0.15) is 0 Å². The number of piperidine rings is 1. The van der Waals surface area contributed by atoms with Crippen molar-refractivity contribution in [3.63, 3.8) is 0 Å². The molecule has 3 aliphatic rings. The fraction of sp³-hybridized carbons (Fsp3) is 0.522. The van der Waals surface area contributed by atoms with Gasteiger partial charge in [-0.05, 0) is 43.7 Å². The maximum atomic E-state index is 11.9. The first kappa shape index (κ1) is 20.9. The topological polar surface area (TPSA) is 107 Å². The summed E-state index contributed by atoms with van der Waals surface area (Å²) in [6, 6.07) is 4.51. The predicted octanol–water partition coefficient (Wildman–Crippen LogP) is 2.07. The van der Waals surface area contributed by atoms with E-state index in [4.69, 9.17) is 4.98 Å². The van der Waals surface area contributed by atoms with E-state index in [2.05, 4.69) is 48.5 Å². The minimum Gasteiger partial charge on any atom is -0.363 e. The van der Waals surface area contributed by atoms with Gasteiger partial charge in [0.25, 0.3) is 0 Å². The van der Waals surface area contributed by atoms with Crippen LogP contribution in [0.3, 0.4) is 0 Å². The second-order valence-electron chi connectivity index (χ2n) is 9.79. The molecular formula is C23H29N7O2S. The number of fused-ring (bicyclic) bond motifs is 4. The van der Waals surface area contributed by atoms with Crippen molar-refractivity contribution in [2.24, 2.45) is 11.8 Å². The van der Waals surface area contributed by atoms with Crippen LogP contribution in [0.1, 0.15) is 31.0 Å². The first-order valence-corrected chi connectivity index (χ1v) is 13.5. The molecular weight excluding hydrogens is 438 g/mol. The van der Waals surface area contributed by atoms with Crippen LogP contribution in [0.4, 0.5) is 11.5 Å². The molecule has 1 saturated carbocycles. The maximum absolute atomic E-state index is 11.9. The molecule has 6 rings (SSSR count). The van der Waals surface area contributed by atoms with Crippen molar-refractivity contribution in [2.45, 2.75) is 44.8 Å². The summed E-state index contributed by atoms with van der Waals surface area (Å²) in [6.45, 7) is 4.63. The lowest BCUT2D eigenvalue weighted by atomic mass is 9.92. The molecule has 0 aromatic carbocycles. The summed E-state index contributed by atoms with van der Waals surface area (Å²) in [4.78, 5) is 21.9. The lowest BCUT2D eigenvalue weighted by Gasteiger charge is -2.42. The van der Waals surface area contributed by atoms with Crippen LogP contribution in [0.2, 0.25) is 0 Å². The number of aromatic nitrogens is 4. The highest BCUT2D eigenvalue weighted by molar-refractivity contribution is 7.88. The number of nitrogens with one attached hydrogen (secondary N) is 2. The van der Waals surface area contributed by atoms with E-state index >= 15 is 0 Å². The van der Waals surface area contributed by atoms with Crippen molar-refractivity contribution < 1.29 is 8.42 Å². The number of pyridine rings is 1. The van der Waals surface area contributed by atoms with Gasteiger partial charge in [0, 0.05) is 67.2 Å². The zero-order valence-electron chi connectivity index (χ0n) is 18.9. The summed E-state index contributed by atoms with van der Waals surface area (Å²) >= 11 is 0. The van der Waals surface area contributed by atoms with Crippen LogP contribution in [0.5, 0.6) is 0 Å². The van der Waals surface area contributed by atoms with E-state index in [-0.39, 0.29) is 6.04 Å². The monoisotopic (exact) mass is 467 g/mol. The third-order valence-electron chi connectivity index (χ3n) is 7.59. The quantitative estimate of drug-likeness (QED) is 0.605. The van der Waals surface area contributed by atoms with Gasteiger partial charge >= 0.3 is 0 Å². The van der Waals surface area contributed by atoms with Gasteiger partial charge in [0.05, 0.1) is 11.9 Å². The van der Waals surface area contributed by atoms with Crippen molar-refractivity contribution in [3.05, 3.63) is 42.1 Å². The first-order chi connectivity index (χ1) is 15.9. The molecule has 1 saturated heterocycles. The largest absolute Gasteiger partial charge is 0.363 e. The Balaban J connectivity index is 1.32. The number of sulfonamides is 1. The van der Waals surface area contributed by atoms with Gasteiger partial charge in [-0.1, -0.05) is 0 Å². The molecule has 5 heterocycles. The molecule has 1 aliphatic carbocycles. The van der Waals surface area contributed by atoms with Gasteiger partial charge in [-0.25, -0.2) is 28.1 Å². The molecule has 0 amide bonds. The maximum Gasteiger partial charge on any atom is 0.208 e. The highest BCUT2D eigenvalue weighted by Crippen LogP contribution is 2.41. The van der Waals surface area contributed by atoms with Crippen LogP contribution in [0.25, 0.3) is 11.0 Å². The van der Waals surface area contributed by atoms with Crippen LogP contribution >= 0.6 is 0 Å². The van der Waals surface area contributed by atoms with Crippen molar-refractivity contribution >= 4 is 32.6 Å². The fourth-order valence-corrected chi connectivity index (χ4v) is 7.00. The van der Waals surface area contributed by atoms with Gasteiger partial charge in [-0.3, -0.25) is 0 Å². The van der Waals surface area contributed by atoms with Crippen LogP contribution in [-0.4, -0.2) is 59.8 Å². The smallest absolute Gasteiger partial charge is 0.208 e. The van der Waals surface area contributed by atoms with E-state index in [0.717, 1.165) is 61.4 Å². The normalized spacial score (nSPS) is 27.2. The van der Waals surface area contributed by atoms with Gasteiger partial charge in [0.1, 0.15) is 17.8 Å². The lowest BCUT2D eigenvalue weighted by molar-refractivity contribution is 0.330. The number of nitrogens with zero attached hydrogens (tertiary/aromatic N) is 5. The Morgan fingerprint density at radius 1 is 1.12 bits per heavy atom. The minimum absolute atomic E-state index is 0.0316. The molecule has 33 heavy (non-hydrogen) atoms. The third-order valence-corrected chi connectivity index (χ3v) is 8.29. The Labute approximate surface area is 193 Å². The zero-order chi connectivity index (χ0) is 22.7. The van der Waals surface area contributed by atoms with Gasteiger partial charge in [0.15, 0.2) is 0 Å². The SMILES string of the molecule is C[C@@H]1Cc2ncnc(N3C[C@H]4CC[C@@H](C3)[C@H]4NS(C)(=O)=O)c2CN1c1ccnc2[nH]ccc12. The fourth-order valence-electron chi connectivity index (χ4n) is 6.12. The molecule has 174 valence electrons. The summed E-state index contributed by atoms with van der Waals surface area (Å²) in [6.07, 6.45) is 9.70. The summed E-state index contributed by atoms with van der Waals surface area (Å²) in [5.74, 6) is 1.62. The molecule has 2 aliphatic heterocycles. The Morgan fingerprint density at radius 3 is 2.67 bits per heavy atom. The minimum atomic E-state index is -3.21. The molecule has 9 nitrogen and oxygen atoms in total. The molecule has 3 aromatic heterocycles. The molecule has 10 heteroatoms. The van der Waals surface area contributed by atoms with Crippen LogP contribution in [0, 0.1) is 11.8 Å². The average Bonchev–Trinajstić information content (AvgIpc) is 3.32. The average molecular weight is 468 g/mol. The summed E-state index contributed by atoms with van der Waals surface area (Å²) in [7, 11) is -3.21. The molecule has 0 unspecified atom stereocenters. The summed E-state index contributed by atoms with van der Waals surface area (Å²) in [5.41, 5.74) is 4.37. The molecule has 0 radical (unpaired) electrons. The Morgan fingerprint density at radius 2 is 1.91 bits per heavy atom. The number of H-pyrrole nitrogens is 1. The second kappa shape index (κ2) is 7.66. The van der Waals surface area contributed by atoms with E-state index in [1.165, 1.54) is 17.5 Å². The van der Waals surface area contributed by atoms with Crippen LogP contribution in [0.15, 0.2) is 30.9 Å². The van der Waals surface area contributed by atoms with Crippen molar-refractivity contribution in [1.82, 2.24) is 24.7 Å².